The minimum atomic E-state index is -1.17. The van der Waals surface area contributed by atoms with E-state index < -0.39 is 47.9 Å². The van der Waals surface area contributed by atoms with Gasteiger partial charge in [0.1, 0.15) is 18.1 Å². The lowest BCUT2D eigenvalue weighted by atomic mass is 10.0. The predicted molar refractivity (Wildman–Crippen MR) is 145 cm³/mol. The third kappa shape index (κ3) is 8.17. The highest BCUT2D eigenvalue weighted by Crippen LogP contribution is 2.19. The molecule has 0 fully saturated rings. The quantitative estimate of drug-likeness (QED) is 0.176. The van der Waals surface area contributed by atoms with Crippen LogP contribution in [0, 0.1) is 5.92 Å². The maximum absolute atomic E-state index is 13.3. The van der Waals surface area contributed by atoms with Gasteiger partial charge in [0.15, 0.2) is 0 Å². The summed E-state index contributed by atoms with van der Waals surface area (Å²) >= 11 is 5.73. The fraction of sp³-hybridized carbons (Fsp3) is 0.500. The van der Waals surface area contributed by atoms with Crippen LogP contribution in [0.25, 0.3) is 10.9 Å². The standard InChI is InChI=1S/C24H35N5O5S2/c1-13(2)20(24(33)34)29-23(32)19(12-35)28-22(31)18(27-21(30)16(25)8-9-36-3)10-14-11-26-17-7-5-4-6-15(14)17/h4-7,11,13,16,18-20,26,35H,8-10,12,25H2,1-3H3,(H,27,30)(H,28,31)(H,29,32)(H,33,34). The van der Waals surface area contributed by atoms with E-state index in [2.05, 4.69) is 33.6 Å². The normalized spacial score (nSPS) is 14.6. The van der Waals surface area contributed by atoms with Crippen LogP contribution in [-0.2, 0) is 25.6 Å². The summed E-state index contributed by atoms with van der Waals surface area (Å²) in [6, 6.07) is 3.54. The average molecular weight is 538 g/mol. The van der Waals surface area contributed by atoms with Gasteiger partial charge < -0.3 is 31.8 Å². The number of carboxylic acids is 1. The summed E-state index contributed by atoms with van der Waals surface area (Å²) in [5, 5.41) is 18.1. The lowest BCUT2D eigenvalue weighted by Gasteiger charge is -2.25. The van der Waals surface area contributed by atoms with Crippen LogP contribution >= 0.6 is 24.4 Å². The molecule has 198 valence electrons. The van der Waals surface area contributed by atoms with Crippen LogP contribution in [0.15, 0.2) is 30.5 Å². The Bertz CT molecular complexity index is 1060. The summed E-state index contributed by atoms with van der Waals surface area (Å²) in [6.07, 6.45) is 4.28. The Hall–Kier alpha value is -2.70. The first kappa shape index (κ1) is 29.5. The average Bonchev–Trinajstić information content (AvgIpc) is 3.25. The number of hydrogen-bond donors (Lipinski definition) is 7. The van der Waals surface area contributed by atoms with E-state index in [1.54, 1.807) is 31.8 Å². The number of H-pyrrole nitrogens is 1. The Kier molecular flexibility index (Phi) is 11.6. The van der Waals surface area contributed by atoms with E-state index in [0.29, 0.717) is 12.2 Å². The summed E-state index contributed by atoms with van der Waals surface area (Å²) in [6.45, 7) is 3.33. The summed E-state index contributed by atoms with van der Waals surface area (Å²) in [7, 11) is 0. The molecule has 0 spiro atoms. The Balaban J connectivity index is 2.22. The molecule has 0 saturated carbocycles. The SMILES string of the molecule is CSCCC(N)C(=O)NC(Cc1c[nH]c2ccccc12)C(=O)NC(CS)C(=O)NC(C(=O)O)C(C)C. The summed E-state index contributed by atoms with van der Waals surface area (Å²) < 4.78 is 0. The van der Waals surface area contributed by atoms with Crippen LogP contribution in [0.5, 0.6) is 0 Å². The number of thioether (sulfide) groups is 1. The fourth-order valence-electron chi connectivity index (χ4n) is 3.62. The van der Waals surface area contributed by atoms with E-state index in [1.165, 1.54) is 0 Å². The van der Waals surface area contributed by atoms with Gasteiger partial charge in [0.2, 0.25) is 17.7 Å². The summed E-state index contributed by atoms with van der Waals surface area (Å²) in [5.74, 6) is -2.66. The molecule has 1 aromatic carbocycles. The van der Waals surface area contributed by atoms with Crippen molar-refractivity contribution in [1.82, 2.24) is 20.9 Å². The number of aromatic nitrogens is 1. The Morgan fingerprint density at radius 2 is 1.69 bits per heavy atom. The molecular weight excluding hydrogens is 502 g/mol. The number of para-hydroxylation sites is 1. The molecule has 7 N–H and O–H groups in total. The molecule has 0 radical (unpaired) electrons. The van der Waals surface area contributed by atoms with E-state index in [0.717, 1.165) is 16.5 Å². The van der Waals surface area contributed by atoms with Gasteiger partial charge in [0.05, 0.1) is 6.04 Å². The van der Waals surface area contributed by atoms with Crippen molar-refractivity contribution in [3.05, 3.63) is 36.0 Å². The van der Waals surface area contributed by atoms with Gasteiger partial charge in [-0.1, -0.05) is 32.0 Å². The first-order valence-corrected chi connectivity index (χ1v) is 13.7. The second-order valence-electron chi connectivity index (χ2n) is 8.83. The molecule has 2 aromatic rings. The number of nitrogens with two attached hydrogens (primary N) is 1. The maximum atomic E-state index is 13.3. The lowest BCUT2D eigenvalue weighted by Crippen LogP contribution is -2.58. The number of hydrogen-bond acceptors (Lipinski definition) is 7. The zero-order valence-electron chi connectivity index (χ0n) is 20.6. The van der Waals surface area contributed by atoms with E-state index in [4.69, 9.17) is 5.73 Å². The Labute approximate surface area is 220 Å². The maximum Gasteiger partial charge on any atom is 0.326 e. The molecule has 4 unspecified atom stereocenters. The zero-order chi connectivity index (χ0) is 26.8. The summed E-state index contributed by atoms with van der Waals surface area (Å²) in [4.78, 5) is 53.4. The van der Waals surface area contributed by atoms with Crippen molar-refractivity contribution in [3.8, 4) is 0 Å². The van der Waals surface area contributed by atoms with Crippen LogP contribution in [0.2, 0.25) is 0 Å². The molecule has 3 amide bonds. The number of carboxylic acid groups (broad SMARTS) is 1. The van der Waals surface area contributed by atoms with E-state index in [1.807, 2.05) is 30.5 Å². The number of benzene rings is 1. The molecule has 10 nitrogen and oxygen atoms in total. The molecule has 1 heterocycles. The molecule has 0 aliphatic rings. The van der Waals surface area contributed by atoms with Crippen molar-refractivity contribution < 1.29 is 24.3 Å². The van der Waals surface area contributed by atoms with Crippen molar-refractivity contribution in [3.63, 3.8) is 0 Å². The molecule has 0 aliphatic heterocycles. The first-order chi connectivity index (χ1) is 17.1. The van der Waals surface area contributed by atoms with Crippen molar-refractivity contribution in [2.24, 2.45) is 11.7 Å². The van der Waals surface area contributed by atoms with Crippen molar-refractivity contribution >= 4 is 59.0 Å². The number of thiol groups is 1. The summed E-state index contributed by atoms with van der Waals surface area (Å²) in [5.41, 5.74) is 7.70. The van der Waals surface area contributed by atoms with E-state index >= 15 is 0 Å². The van der Waals surface area contributed by atoms with E-state index in [-0.39, 0.29) is 18.1 Å². The monoisotopic (exact) mass is 537 g/mol. The van der Waals surface area contributed by atoms with Gasteiger partial charge in [0.25, 0.3) is 0 Å². The molecule has 4 atom stereocenters. The number of carbonyl (C=O) groups excluding carboxylic acids is 3. The lowest BCUT2D eigenvalue weighted by molar-refractivity contribution is -0.143. The third-order valence-electron chi connectivity index (χ3n) is 5.75. The number of nitrogens with one attached hydrogen (secondary N) is 4. The highest BCUT2D eigenvalue weighted by molar-refractivity contribution is 7.98. The Morgan fingerprint density at radius 1 is 1.06 bits per heavy atom. The molecule has 12 heteroatoms. The van der Waals surface area contributed by atoms with Gasteiger partial charge >= 0.3 is 5.97 Å². The fourth-order valence-corrected chi connectivity index (χ4v) is 4.36. The van der Waals surface area contributed by atoms with Crippen LogP contribution in [0.4, 0.5) is 0 Å². The van der Waals surface area contributed by atoms with Crippen LogP contribution in [0.3, 0.4) is 0 Å². The largest absolute Gasteiger partial charge is 0.480 e. The van der Waals surface area contributed by atoms with Crippen molar-refractivity contribution in [1.29, 1.82) is 0 Å². The number of rotatable bonds is 14. The molecule has 2 rings (SSSR count). The molecular formula is C24H35N5O5S2. The predicted octanol–water partition coefficient (Wildman–Crippen LogP) is 0.916. The van der Waals surface area contributed by atoms with Crippen molar-refractivity contribution in [2.75, 3.05) is 17.8 Å². The van der Waals surface area contributed by atoms with Gasteiger partial charge in [-0.25, -0.2) is 4.79 Å². The minimum absolute atomic E-state index is 0.0665. The third-order valence-corrected chi connectivity index (χ3v) is 6.76. The molecule has 0 bridgehead atoms. The highest BCUT2D eigenvalue weighted by Gasteiger charge is 2.31. The second-order valence-corrected chi connectivity index (χ2v) is 10.2. The minimum Gasteiger partial charge on any atom is -0.480 e. The van der Waals surface area contributed by atoms with Gasteiger partial charge in [-0.05, 0) is 36.0 Å². The number of fused-ring (bicyclic) bond motifs is 1. The van der Waals surface area contributed by atoms with Crippen molar-refractivity contribution in [2.45, 2.75) is 50.9 Å². The van der Waals surface area contributed by atoms with Crippen LogP contribution < -0.4 is 21.7 Å². The number of carbonyl (C=O) groups is 4. The number of amides is 3. The second kappa shape index (κ2) is 14.1. The van der Waals surface area contributed by atoms with Gasteiger partial charge in [-0.2, -0.15) is 24.4 Å². The van der Waals surface area contributed by atoms with E-state index in [9.17, 15) is 24.3 Å². The number of aromatic amines is 1. The topological polar surface area (TPSA) is 166 Å². The highest BCUT2D eigenvalue weighted by atomic mass is 32.2. The molecule has 36 heavy (non-hydrogen) atoms. The van der Waals surface area contributed by atoms with Gasteiger partial charge in [-0.3, -0.25) is 14.4 Å². The zero-order valence-corrected chi connectivity index (χ0v) is 22.3. The molecule has 1 aromatic heterocycles. The van der Waals surface area contributed by atoms with Crippen LogP contribution in [-0.4, -0.2) is 75.7 Å². The van der Waals surface area contributed by atoms with Crippen LogP contribution in [0.1, 0.15) is 25.8 Å². The molecule has 0 aliphatic carbocycles. The molecule has 0 saturated heterocycles. The number of aliphatic carboxylic acids is 1. The smallest absolute Gasteiger partial charge is 0.326 e. The van der Waals surface area contributed by atoms with Gasteiger partial charge in [-0.15, -0.1) is 0 Å². The van der Waals surface area contributed by atoms with Gasteiger partial charge in [0, 0.05) is 29.3 Å². The first-order valence-electron chi connectivity index (χ1n) is 11.6. The Morgan fingerprint density at radius 3 is 2.31 bits per heavy atom.